The van der Waals surface area contributed by atoms with Crippen LogP contribution in [0.2, 0.25) is 0 Å². The van der Waals surface area contributed by atoms with E-state index in [9.17, 15) is 0 Å². The highest BCUT2D eigenvalue weighted by atomic mass is 14.8. The maximum absolute atomic E-state index is 3.52. The lowest BCUT2D eigenvalue weighted by Crippen LogP contribution is -2.21. The van der Waals surface area contributed by atoms with E-state index in [1.165, 1.54) is 63.4 Å². The normalized spacial score (nSPS) is 12.5. The molecule has 0 heterocycles. The molecule has 0 aromatic heterocycles. The van der Waals surface area contributed by atoms with Gasteiger partial charge in [-0.1, -0.05) is 95.5 Å². The van der Waals surface area contributed by atoms with E-state index in [1.54, 1.807) is 0 Å². The van der Waals surface area contributed by atoms with Gasteiger partial charge in [0, 0.05) is 6.54 Å². The van der Waals surface area contributed by atoms with Crippen molar-refractivity contribution in [3.8, 4) is 0 Å². The summed E-state index contributed by atoms with van der Waals surface area (Å²) in [4.78, 5) is 0. The summed E-state index contributed by atoms with van der Waals surface area (Å²) < 4.78 is 0. The number of unbranched alkanes of at least 4 members (excludes halogenated alkanes) is 7. The molecule has 0 fully saturated rings. The first kappa shape index (κ1) is 18.2. The lowest BCUT2D eigenvalue weighted by Gasteiger charge is -2.17. The van der Waals surface area contributed by atoms with Crippen LogP contribution in [0.25, 0.3) is 0 Å². The van der Waals surface area contributed by atoms with Crippen LogP contribution in [-0.4, -0.2) is 13.1 Å². The van der Waals surface area contributed by atoms with E-state index in [0.29, 0.717) is 5.92 Å². The summed E-state index contributed by atoms with van der Waals surface area (Å²) in [5, 5.41) is 3.52. The molecule has 120 valence electrons. The zero-order chi connectivity index (χ0) is 15.2. The van der Waals surface area contributed by atoms with Crippen molar-refractivity contribution in [3.63, 3.8) is 0 Å². The molecule has 0 saturated carbocycles. The summed E-state index contributed by atoms with van der Waals surface area (Å²) in [5.74, 6) is 0.686. The predicted octanol–water partition coefficient (Wildman–Crippen LogP) is 5.91. The summed E-state index contributed by atoms with van der Waals surface area (Å²) in [6, 6.07) is 11.0. The maximum Gasteiger partial charge on any atom is 0.00200 e. The van der Waals surface area contributed by atoms with Crippen LogP contribution in [0.3, 0.4) is 0 Å². The van der Waals surface area contributed by atoms with Crippen LogP contribution < -0.4 is 5.32 Å². The number of likely N-dealkylation sites (N-methyl/N-ethyl adjacent to an activating group) is 1. The second-order valence-electron chi connectivity index (χ2n) is 6.18. The highest BCUT2D eigenvalue weighted by molar-refractivity contribution is 5.19. The van der Waals surface area contributed by atoms with Gasteiger partial charge in [0.05, 0.1) is 0 Å². The quantitative estimate of drug-likeness (QED) is 0.445. The fraction of sp³-hybridized carbons (Fsp3) is 0.700. The second kappa shape index (κ2) is 12.9. The Bertz CT molecular complexity index is 320. The Morgan fingerprint density at radius 1 is 0.810 bits per heavy atom. The molecule has 1 atom stereocenters. The molecule has 0 radical (unpaired) electrons. The summed E-state index contributed by atoms with van der Waals surface area (Å²) in [7, 11) is 0. The molecule has 1 aromatic rings. The Morgan fingerprint density at radius 3 is 2.05 bits per heavy atom. The first-order chi connectivity index (χ1) is 10.4. The van der Waals surface area contributed by atoms with Crippen LogP contribution in [0.5, 0.6) is 0 Å². The van der Waals surface area contributed by atoms with E-state index in [0.717, 1.165) is 13.1 Å². The van der Waals surface area contributed by atoms with Gasteiger partial charge in [-0.15, -0.1) is 0 Å². The zero-order valence-corrected chi connectivity index (χ0v) is 14.2. The SMILES string of the molecule is CCCCCCCCCCC(CNCC)c1ccccc1. The van der Waals surface area contributed by atoms with E-state index < -0.39 is 0 Å². The Morgan fingerprint density at radius 2 is 1.43 bits per heavy atom. The highest BCUT2D eigenvalue weighted by Gasteiger charge is 2.10. The van der Waals surface area contributed by atoms with Crippen molar-refractivity contribution in [2.75, 3.05) is 13.1 Å². The zero-order valence-electron chi connectivity index (χ0n) is 14.2. The first-order valence-corrected chi connectivity index (χ1v) is 9.14. The van der Waals surface area contributed by atoms with Gasteiger partial charge in [-0.05, 0) is 24.4 Å². The standard InChI is InChI=1S/C20H35N/c1-3-5-6-7-8-9-10-12-17-20(18-21-4-2)19-15-13-11-14-16-19/h11,13-16,20-21H,3-10,12,17-18H2,1-2H3. The molecule has 0 aliphatic heterocycles. The molecule has 1 aromatic carbocycles. The molecule has 1 nitrogen and oxygen atoms in total. The minimum atomic E-state index is 0.686. The average Bonchev–Trinajstić information content (AvgIpc) is 2.53. The van der Waals surface area contributed by atoms with Gasteiger partial charge in [0.25, 0.3) is 0 Å². The fourth-order valence-electron chi connectivity index (χ4n) is 2.95. The fourth-order valence-corrected chi connectivity index (χ4v) is 2.95. The van der Waals surface area contributed by atoms with Crippen molar-refractivity contribution in [3.05, 3.63) is 35.9 Å². The Kier molecular flexibility index (Phi) is 11.2. The summed E-state index contributed by atoms with van der Waals surface area (Å²) >= 11 is 0. The van der Waals surface area contributed by atoms with Gasteiger partial charge < -0.3 is 5.32 Å². The number of hydrogen-bond donors (Lipinski definition) is 1. The summed E-state index contributed by atoms with van der Waals surface area (Å²) in [6.07, 6.45) is 12.6. The lowest BCUT2D eigenvalue weighted by atomic mass is 9.92. The minimum Gasteiger partial charge on any atom is -0.316 e. The second-order valence-corrected chi connectivity index (χ2v) is 6.18. The van der Waals surface area contributed by atoms with Gasteiger partial charge in [-0.2, -0.15) is 0 Å². The van der Waals surface area contributed by atoms with E-state index in [2.05, 4.69) is 49.5 Å². The van der Waals surface area contributed by atoms with Crippen LogP contribution in [0.1, 0.15) is 83.1 Å². The largest absolute Gasteiger partial charge is 0.316 e. The molecule has 0 spiro atoms. The van der Waals surface area contributed by atoms with Gasteiger partial charge in [-0.25, -0.2) is 0 Å². The molecule has 1 N–H and O–H groups in total. The van der Waals surface area contributed by atoms with E-state index in [1.807, 2.05) is 0 Å². The van der Waals surface area contributed by atoms with Gasteiger partial charge in [0.15, 0.2) is 0 Å². The average molecular weight is 290 g/mol. The summed E-state index contributed by atoms with van der Waals surface area (Å²) in [6.45, 7) is 6.67. The van der Waals surface area contributed by atoms with E-state index in [-0.39, 0.29) is 0 Å². The molecule has 21 heavy (non-hydrogen) atoms. The first-order valence-electron chi connectivity index (χ1n) is 9.14. The number of nitrogens with one attached hydrogen (secondary N) is 1. The number of rotatable bonds is 13. The van der Waals surface area contributed by atoms with Crippen molar-refractivity contribution in [2.45, 2.75) is 77.6 Å². The van der Waals surface area contributed by atoms with Gasteiger partial charge in [0.2, 0.25) is 0 Å². The number of benzene rings is 1. The Hall–Kier alpha value is -0.820. The van der Waals surface area contributed by atoms with Gasteiger partial charge >= 0.3 is 0 Å². The van der Waals surface area contributed by atoms with Gasteiger partial charge in [0.1, 0.15) is 0 Å². The lowest BCUT2D eigenvalue weighted by molar-refractivity contribution is 0.508. The van der Waals surface area contributed by atoms with Crippen molar-refractivity contribution in [2.24, 2.45) is 0 Å². The molecule has 0 aliphatic carbocycles. The van der Waals surface area contributed by atoms with Gasteiger partial charge in [-0.3, -0.25) is 0 Å². The molecule has 0 bridgehead atoms. The van der Waals surface area contributed by atoms with Crippen LogP contribution in [0.15, 0.2) is 30.3 Å². The molecular formula is C20H35N. The van der Waals surface area contributed by atoms with Crippen LogP contribution in [0.4, 0.5) is 0 Å². The van der Waals surface area contributed by atoms with Crippen molar-refractivity contribution < 1.29 is 0 Å². The van der Waals surface area contributed by atoms with Crippen molar-refractivity contribution in [1.29, 1.82) is 0 Å². The van der Waals surface area contributed by atoms with Crippen molar-refractivity contribution in [1.82, 2.24) is 5.32 Å². The third-order valence-corrected chi connectivity index (χ3v) is 4.32. The molecule has 0 aliphatic rings. The monoisotopic (exact) mass is 289 g/mol. The number of hydrogen-bond acceptors (Lipinski definition) is 1. The molecule has 0 amide bonds. The van der Waals surface area contributed by atoms with Crippen LogP contribution in [0, 0.1) is 0 Å². The Balaban J connectivity index is 2.18. The molecule has 1 unspecified atom stereocenters. The molecule has 0 saturated heterocycles. The van der Waals surface area contributed by atoms with E-state index in [4.69, 9.17) is 0 Å². The highest BCUT2D eigenvalue weighted by Crippen LogP contribution is 2.22. The molecule has 1 heteroatoms. The molecule has 1 rings (SSSR count). The molecular weight excluding hydrogens is 254 g/mol. The topological polar surface area (TPSA) is 12.0 Å². The Labute approximate surface area is 132 Å². The summed E-state index contributed by atoms with van der Waals surface area (Å²) in [5.41, 5.74) is 1.50. The third kappa shape index (κ3) is 8.93. The smallest absolute Gasteiger partial charge is 0.00200 e. The predicted molar refractivity (Wildman–Crippen MR) is 95.0 cm³/mol. The van der Waals surface area contributed by atoms with Crippen LogP contribution >= 0.6 is 0 Å². The third-order valence-electron chi connectivity index (χ3n) is 4.32. The maximum atomic E-state index is 3.52. The van der Waals surface area contributed by atoms with Crippen molar-refractivity contribution >= 4 is 0 Å². The minimum absolute atomic E-state index is 0.686. The van der Waals surface area contributed by atoms with E-state index >= 15 is 0 Å². The van der Waals surface area contributed by atoms with Crippen LogP contribution in [-0.2, 0) is 0 Å².